The summed E-state index contributed by atoms with van der Waals surface area (Å²) < 4.78 is 0. The van der Waals surface area contributed by atoms with Gasteiger partial charge in [-0.3, -0.25) is 0 Å². The van der Waals surface area contributed by atoms with Gasteiger partial charge in [-0.25, -0.2) is 0 Å². The average Bonchev–Trinajstić information content (AvgIpc) is 2.30. The predicted octanol–water partition coefficient (Wildman–Crippen LogP) is 1.72. The number of hydrogen-bond donors (Lipinski definition) is 0. The van der Waals surface area contributed by atoms with Crippen molar-refractivity contribution in [1.29, 1.82) is 0 Å². The molecular formula is C14H10B. The Balaban J connectivity index is 2.24. The van der Waals surface area contributed by atoms with Crippen LogP contribution in [0.4, 0.5) is 0 Å². The smallest absolute Gasteiger partial charge is 0.0906 e. The van der Waals surface area contributed by atoms with Gasteiger partial charge >= 0.3 is 0 Å². The van der Waals surface area contributed by atoms with Gasteiger partial charge in [-0.05, 0) is 16.7 Å². The summed E-state index contributed by atoms with van der Waals surface area (Å²) in [6.45, 7) is 4.18. The van der Waals surface area contributed by atoms with Crippen molar-refractivity contribution in [3.05, 3.63) is 66.2 Å². The third-order valence-electron chi connectivity index (χ3n) is 2.88. The molecule has 0 nitrogen and oxygen atoms in total. The van der Waals surface area contributed by atoms with Gasteiger partial charge in [0.2, 0.25) is 0 Å². The Morgan fingerprint density at radius 2 is 1.20 bits per heavy atom. The molecule has 0 aliphatic carbocycles. The van der Waals surface area contributed by atoms with Crippen molar-refractivity contribution in [2.24, 2.45) is 0 Å². The van der Waals surface area contributed by atoms with E-state index in [9.17, 15) is 0 Å². The second kappa shape index (κ2) is 3.13. The lowest BCUT2D eigenvalue weighted by molar-refractivity contribution is 1.59. The van der Waals surface area contributed by atoms with E-state index in [1.807, 2.05) is 0 Å². The van der Waals surface area contributed by atoms with Gasteiger partial charge in [0.1, 0.15) is 0 Å². The number of fused-ring (bicyclic) bond motifs is 2. The molecule has 2 aromatic carbocycles. The molecule has 1 radical (unpaired) electrons. The molecule has 0 bridgehead atoms. The third-order valence-corrected chi connectivity index (χ3v) is 2.88. The van der Waals surface area contributed by atoms with E-state index >= 15 is 0 Å². The van der Waals surface area contributed by atoms with E-state index < -0.39 is 0 Å². The maximum absolute atomic E-state index is 4.18. The maximum Gasteiger partial charge on any atom is 0.193 e. The van der Waals surface area contributed by atoms with Crippen LogP contribution in [0.1, 0.15) is 11.1 Å². The Bertz CT molecular complexity index is 493. The monoisotopic (exact) mass is 189 g/mol. The summed E-state index contributed by atoms with van der Waals surface area (Å²) in [6, 6.07) is 16.8. The molecule has 69 valence electrons. The van der Waals surface area contributed by atoms with E-state index in [1.165, 1.54) is 22.1 Å². The first-order chi connectivity index (χ1) is 7.36. The fourth-order valence-electron chi connectivity index (χ4n) is 2.11. The fourth-order valence-corrected chi connectivity index (χ4v) is 2.11. The minimum absolute atomic E-state index is 1.13. The van der Waals surface area contributed by atoms with Crippen molar-refractivity contribution in [3.8, 4) is 0 Å². The number of hydrogen-bond acceptors (Lipinski definition) is 0. The zero-order valence-corrected chi connectivity index (χ0v) is 8.40. The highest BCUT2D eigenvalue weighted by Crippen LogP contribution is 2.21. The Labute approximate surface area is 90.5 Å². The van der Waals surface area contributed by atoms with Gasteiger partial charge in [0.25, 0.3) is 0 Å². The minimum atomic E-state index is 1.13. The first-order valence-electron chi connectivity index (χ1n) is 5.09. The van der Waals surface area contributed by atoms with E-state index in [0.29, 0.717) is 0 Å². The lowest BCUT2D eigenvalue weighted by atomic mass is 9.56. The molecule has 0 aromatic heterocycles. The molecule has 1 aliphatic rings. The highest BCUT2D eigenvalue weighted by molar-refractivity contribution is 6.70. The Morgan fingerprint density at radius 3 is 1.73 bits per heavy atom. The summed E-state index contributed by atoms with van der Waals surface area (Å²) >= 11 is 0. The van der Waals surface area contributed by atoms with Gasteiger partial charge in [-0.1, -0.05) is 66.0 Å². The van der Waals surface area contributed by atoms with Gasteiger partial charge in [-0.15, -0.1) is 0 Å². The van der Waals surface area contributed by atoms with Crippen LogP contribution in [0.5, 0.6) is 0 Å². The Kier molecular flexibility index (Phi) is 1.78. The van der Waals surface area contributed by atoms with Crippen LogP contribution < -0.4 is 10.9 Å². The van der Waals surface area contributed by atoms with E-state index in [-0.39, 0.29) is 0 Å². The summed E-state index contributed by atoms with van der Waals surface area (Å²) in [6.07, 6.45) is 0. The molecule has 1 heterocycles. The molecule has 2 aromatic rings. The lowest BCUT2D eigenvalue weighted by Crippen LogP contribution is -2.36. The Hall–Kier alpha value is -1.76. The van der Waals surface area contributed by atoms with Gasteiger partial charge < -0.3 is 0 Å². The molecule has 0 fully saturated rings. The highest BCUT2D eigenvalue weighted by atomic mass is 14.1. The second-order valence-electron chi connectivity index (χ2n) is 3.80. The van der Waals surface area contributed by atoms with E-state index in [4.69, 9.17) is 0 Å². The van der Waals surface area contributed by atoms with Crippen LogP contribution in [-0.4, -0.2) is 7.28 Å². The molecule has 0 spiro atoms. The molecule has 0 saturated carbocycles. The normalized spacial score (nSPS) is 12.7. The SMILES string of the molecule is C=C1c2ccccc2[B]c2ccccc21. The second-order valence-corrected chi connectivity index (χ2v) is 3.80. The molecule has 0 N–H and O–H groups in total. The van der Waals surface area contributed by atoms with Crippen molar-refractivity contribution in [2.45, 2.75) is 0 Å². The lowest BCUT2D eigenvalue weighted by Gasteiger charge is -2.20. The van der Waals surface area contributed by atoms with Crippen LogP contribution in [0.15, 0.2) is 55.1 Å². The first kappa shape index (κ1) is 8.54. The summed E-state index contributed by atoms with van der Waals surface area (Å²) in [5, 5.41) is 0. The molecule has 1 heteroatoms. The van der Waals surface area contributed by atoms with E-state index in [1.54, 1.807) is 0 Å². The number of rotatable bonds is 0. The summed E-state index contributed by atoms with van der Waals surface area (Å²) in [4.78, 5) is 0. The summed E-state index contributed by atoms with van der Waals surface area (Å²) in [7, 11) is 2.22. The molecule has 1 aliphatic heterocycles. The van der Waals surface area contributed by atoms with Gasteiger partial charge in [0.15, 0.2) is 7.28 Å². The van der Waals surface area contributed by atoms with E-state index in [2.05, 4.69) is 62.4 Å². The largest absolute Gasteiger partial charge is 0.193 e. The third kappa shape index (κ3) is 1.24. The maximum atomic E-state index is 4.18. The molecule has 0 atom stereocenters. The topological polar surface area (TPSA) is 0 Å². The van der Waals surface area contributed by atoms with Gasteiger partial charge in [0.05, 0.1) is 0 Å². The molecule has 3 rings (SSSR count). The van der Waals surface area contributed by atoms with Crippen LogP contribution in [0.3, 0.4) is 0 Å². The minimum Gasteiger partial charge on any atom is -0.0906 e. The van der Waals surface area contributed by atoms with E-state index in [0.717, 1.165) is 5.57 Å². The van der Waals surface area contributed by atoms with Crippen molar-refractivity contribution in [1.82, 2.24) is 0 Å². The molecule has 0 saturated heterocycles. The van der Waals surface area contributed by atoms with Crippen LogP contribution in [0.2, 0.25) is 0 Å². The standard InChI is InChI=1S/C14H10B/c1-10-11-6-2-4-8-13(11)15-14-9-5-3-7-12(10)14/h2-9H,1H2. The average molecular weight is 189 g/mol. The first-order valence-corrected chi connectivity index (χ1v) is 5.09. The Morgan fingerprint density at radius 1 is 0.733 bits per heavy atom. The van der Waals surface area contributed by atoms with Crippen LogP contribution in [-0.2, 0) is 0 Å². The zero-order chi connectivity index (χ0) is 10.3. The predicted molar refractivity (Wildman–Crippen MR) is 66.0 cm³/mol. The molecular weight excluding hydrogens is 179 g/mol. The van der Waals surface area contributed by atoms with Gasteiger partial charge in [-0.2, -0.15) is 0 Å². The highest BCUT2D eigenvalue weighted by Gasteiger charge is 2.17. The van der Waals surface area contributed by atoms with Gasteiger partial charge in [0, 0.05) is 0 Å². The van der Waals surface area contributed by atoms with Crippen LogP contribution in [0, 0.1) is 0 Å². The fraction of sp³-hybridized carbons (Fsp3) is 0. The molecule has 0 unspecified atom stereocenters. The molecule has 0 amide bonds. The zero-order valence-electron chi connectivity index (χ0n) is 8.40. The summed E-state index contributed by atoms with van der Waals surface area (Å²) in [5.41, 5.74) is 6.15. The van der Waals surface area contributed by atoms with Crippen LogP contribution in [0.25, 0.3) is 5.57 Å². The molecule has 15 heavy (non-hydrogen) atoms. The van der Waals surface area contributed by atoms with Crippen molar-refractivity contribution in [3.63, 3.8) is 0 Å². The quantitative estimate of drug-likeness (QED) is 0.472. The van der Waals surface area contributed by atoms with Crippen molar-refractivity contribution >= 4 is 23.8 Å². The van der Waals surface area contributed by atoms with Crippen molar-refractivity contribution < 1.29 is 0 Å². The summed E-state index contributed by atoms with van der Waals surface area (Å²) in [5.74, 6) is 0. The van der Waals surface area contributed by atoms with Crippen LogP contribution >= 0.6 is 0 Å². The number of benzene rings is 2. The van der Waals surface area contributed by atoms with Crippen molar-refractivity contribution in [2.75, 3.05) is 0 Å².